The highest BCUT2D eigenvalue weighted by molar-refractivity contribution is 6.01. The second-order valence-electron chi connectivity index (χ2n) is 9.05. The molecule has 1 fully saturated rings. The Morgan fingerprint density at radius 1 is 1.19 bits per heavy atom. The molecule has 4 aromatic heterocycles. The summed E-state index contributed by atoms with van der Waals surface area (Å²) < 4.78 is 2.22. The summed E-state index contributed by atoms with van der Waals surface area (Å²) in [6.45, 7) is 8.33. The van der Waals surface area contributed by atoms with Gasteiger partial charge >= 0.3 is 0 Å². The summed E-state index contributed by atoms with van der Waals surface area (Å²) in [6.07, 6.45) is 7.31. The number of H-pyrrole nitrogens is 1. The molecule has 1 saturated heterocycles. The fourth-order valence-electron chi connectivity index (χ4n) is 4.68. The number of likely N-dealkylation sites (tertiary alicyclic amines) is 1. The van der Waals surface area contributed by atoms with E-state index < -0.39 is 0 Å². The quantitative estimate of drug-likeness (QED) is 0.514. The minimum atomic E-state index is -0.0713. The maximum atomic E-state index is 12.9. The molecular formula is C24H29N7O. The Balaban J connectivity index is 1.49. The topological polar surface area (TPSA) is 91.7 Å². The third-order valence-electron chi connectivity index (χ3n) is 6.39. The van der Waals surface area contributed by atoms with Crippen molar-refractivity contribution in [3.63, 3.8) is 0 Å². The fraction of sp³-hybridized carbons (Fsp3) is 0.417. The van der Waals surface area contributed by atoms with Crippen LogP contribution in [0, 0.1) is 6.92 Å². The van der Waals surface area contributed by atoms with E-state index in [4.69, 9.17) is 0 Å². The number of nitrogens with zero attached hydrogens (tertiary/aromatic N) is 5. The molecule has 5 heterocycles. The Labute approximate surface area is 187 Å². The number of aromatic amines is 1. The van der Waals surface area contributed by atoms with Crippen LogP contribution < -0.4 is 5.32 Å². The van der Waals surface area contributed by atoms with Crippen LogP contribution in [0.1, 0.15) is 48.9 Å². The van der Waals surface area contributed by atoms with Crippen molar-refractivity contribution < 1.29 is 4.79 Å². The number of fused-ring (bicyclic) bond motifs is 2. The zero-order valence-corrected chi connectivity index (χ0v) is 19.0. The van der Waals surface area contributed by atoms with Gasteiger partial charge in [-0.15, -0.1) is 0 Å². The summed E-state index contributed by atoms with van der Waals surface area (Å²) in [5, 5.41) is 4.06. The minimum absolute atomic E-state index is 0.0713. The van der Waals surface area contributed by atoms with E-state index in [1.54, 1.807) is 6.20 Å². The van der Waals surface area contributed by atoms with Gasteiger partial charge < -0.3 is 19.8 Å². The Morgan fingerprint density at radius 2 is 1.97 bits per heavy atom. The molecule has 0 atom stereocenters. The van der Waals surface area contributed by atoms with Crippen molar-refractivity contribution in [2.75, 3.05) is 20.1 Å². The molecule has 1 amide bonds. The molecule has 8 heteroatoms. The number of aryl methyl sites for hydroxylation is 1. The van der Waals surface area contributed by atoms with Gasteiger partial charge in [-0.2, -0.15) is 0 Å². The predicted octanol–water partition coefficient (Wildman–Crippen LogP) is 3.69. The van der Waals surface area contributed by atoms with Crippen LogP contribution >= 0.6 is 0 Å². The number of pyridine rings is 2. The molecule has 1 aliphatic heterocycles. The number of amides is 1. The lowest BCUT2D eigenvalue weighted by Crippen LogP contribution is -2.43. The minimum Gasteiger partial charge on any atom is -0.349 e. The van der Waals surface area contributed by atoms with Gasteiger partial charge in [-0.3, -0.25) is 9.78 Å². The van der Waals surface area contributed by atoms with Gasteiger partial charge in [-0.1, -0.05) is 0 Å². The average Bonchev–Trinajstić information content (AvgIpc) is 3.34. The van der Waals surface area contributed by atoms with Crippen molar-refractivity contribution >= 4 is 28.0 Å². The van der Waals surface area contributed by atoms with Crippen molar-refractivity contribution in [1.29, 1.82) is 0 Å². The van der Waals surface area contributed by atoms with Crippen molar-refractivity contribution in [2.24, 2.45) is 0 Å². The monoisotopic (exact) mass is 431 g/mol. The number of imidazole rings is 1. The Morgan fingerprint density at radius 3 is 2.72 bits per heavy atom. The highest BCUT2D eigenvalue weighted by atomic mass is 16.1. The van der Waals surface area contributed by atoms with Crippen LogP contribution in [0.2, 0.25) is 0 Å². The number of carbonyl (C=O) groups excluding carboxylic acids is 1. The second-order valence-corrected chi connectivity index (χ2v) is 9.05. The van der Waals surface area contributed by atoms with Gasteiger partial charge in [0.05, 0.1) is 23.0 Å². The summed E-state index contributed by atoms with van der Waals surface area (Å²) in [4.78, 5) is 32.2. The first-order valence-electron chi connectivity index (χ1n) is 11.2. The Bertz CT molecular complexity index is 1290. The molecule has 0 radical (unpaired) electrons. The zero-order valence-electron chi connectivity index (χ0n) is 19.0. The number of hydrogen-bond acceptors (Lipinski definition) is 5. The van der Waals surface area contributed by atoms with Gasteiger partial charge in [0.25, 0.3) is 5.91 Å². The number of rotatable bonds is 4. The van der Waals surface area contributed by atoms with Gasteiger partial charge in [0.15, 0.2) is 0 Å². The van der Waals surface area contributed by atoms with Gasteiger partial charge in [0.2, 0.25) is 0 Å². The fourth-order valence-corrected chi connectivity index (χ4v) is 4.68. The smallest absolute Gasteiger partial charge is 0.253 e. The lowest BCUT2D eigenvalue weighted by Gasteiger charge is -2.29. The predicted molar refractivity (Wildman–Crippen MR) is 126 cm³/mol. The number of carbonyl (C=O) groups is 1. The van der Waals surface area contributed by atoms with Crippen LogP contribution in [0.3, 0.4) is 0 Å². The number of nitrogens with one attached hydrogen (secondary N) is 2. The first-order valence-corrected chi connectivity index (χ1v) is 11.2. The Hall–Kier alpha value is -3.26. The van der Waals surface area contributed by atoms with Crippen molar-refractivity contribution in [1.82, 2.24) is 34.7 Å². The molecule has 0 bridgehead atoms. The average molecular weight is 432 g/mol. The molecule has 166 valence electrons. The maximum absolute atomic E-state index is 12.9. The summed E-state index contributed by atoms with van der Waals surface area (Å²) in [7, 11) is 2.12. The summed E-state index contributed by atoms with van der Waals surface area (Å²) in [6, 6.07) is 4.50. The van der Waals surface area contributed by atoms with E-state index in [1.807, 2.05) is 25.4 Å². The van der Waals surface area contributed by atoms with E-state index in [9.17, 15) is 4.79 Å². The van der Waals surface area contributed by atoms with Crippen LogP contribution in [0.5, 0.6) is 0 Å². The molecule has 0 spiro atoms. The largest absolute Gasteiger partial charge is 0.349 e. The summed E-state index contributed by atoms with van der Waals surface area (Å²) >= 11 is 0. The molecular weight excluding hydrogens is 402 g/mol. The van der Waals surface area contributed by atoms with Crippen LogP contribution in [0.4, 0.5) is 0 Å². The molecule has 0 aromatic carbocycles. The number of aromatic nitrogens is 5. The summed E-state index contributed by atoms with van der Waals surface area (Å²) in [5.41, 5.74) is 5.02. The van der Waals surface area contributed by atoms with Crippen LogP contribution in [0.15, 0.2) is 30.7 Å². The number of hydrogen-bond donors (Lipinski definition) is 2. The highest BCUT2D eigenvalue weighted by Gasteiger charge is 2.20. The standard InChI is InChI=1S/C24H29N7O/c1-14(2)31-15(3)28-21-13-25-20(10-22(21)31)19-12-27-23-18(19)9-16(11-26-23)24(32)29-17-5-7-30(4)8-6-17/h9-14,17H,5-8H2,1-4H3,(H,26,27)(H,29,32). The van der Waals surface area contributed by atoms with Crippen molar-refractivity contribution in [3.8, 4) is 11.3 Å². The first kappa shape index (κ1) is 20.6. The molecule has 0 unspecified atom stereocenters. The second kappa shape index (κ2) is 8.02. The lowest BCUT2D eigenvalue weighted by molar-refractivity contribution is 0.0916. The molecule has 4 aromatic rings. The maximum Gasteiger partial charge on any atom is 0.253 e. The van der Waals surface area contributed by atoms with Gasteiger partial charge in [-0.05, 0) is 65.9 Å². The highest BCUT2D eigenvalue weighted by Crippen LogP contribution is 2.30. The van der Waals surface area contributed by atoms with E-state index in [-0.39, 0.29) is 11.9 Å². The molecule has 0 saturated carbocycles. The Kier molecular flexibility index (Phi) is 5.17. The van der Waals surface area contributed by atoms with Gasteiger partial charge in [0, 0.05) is 35.4 Å². The van der Waals surface area contributed by atoms with E-state index in [0.29, 0.717) is 11.6 Å². The van der Waals surface area contributed by atoms with E-state index >= 15 is 0 Å². The molecule has 32 heavy (non-hydrogen) atoms. The lowest BCUT2D eigenvalue weighted by atomic mass is 10.0. The van der Waals surface area contributed by atoms with Gasteiger partial charge in [-0.25, -0.2) is 9.97 Å². The third-order valence-corrected chi connectivity index (χ3v) is 6.39. The zero-order chi connectivity index (χ0) is 22.4. The number of piperidine rings is 1. The third kappa shape index (κ3) is 3.64. The van der Waals surface area contributed by atoms with Crippen LogP contribution in [-0.4, -0.2) is 61.5 Å². The van der Waals surface area contributed by atoms with Crippen LogP contribution in [0.25, 0.3) is 33.3 Å². The van der Waals surface area contributed by atoms with E-state index in [0.717, 1.165) is 65.1 Å². The SMILES string of the molecule is Cc1nc2cnc(-c3c[nH]c4ncc(C(=O)NC5CCN(C)CC5)cc34)cc2n1C(C)C. The molecule has 0 aliphatic carbocycles. The summed E-state index contributed by atoms with van der Waals surface area (Å²) in [5.74, 6) is 0.903. The molecule has 8 nitrogen and oxygen atoms in total. The molecule has 5 rings (SSSR count). The first-order chi connectivity index (χ1) is 15.4. The van der Waals surface area contributed by atoms with E-state index in [2.05, 4.69) is 61.7 Å². The molecule has 2 N–H and O–H groups in total. The molecule has 1 aliphatic rings. The van der Waals surface area contributed by atoms with Crippen LogP contribution in [-0.2, 0) is 0 Å². The van der Waals surface area contributed by atoms with Crippen molar-refractivity contribution in [3.05, 3.63) is 42.1 Å². The normalized spacial score (nSPS) is 15.8. The van der Waals surface area contributed by atoms with Gasteiger partial charge in [0.1, 0.15) is 17.0 Å². The van der Waals surface area contributed by atoms with E-state index in [1.165, 1.54) is 0 Å². The van der Waals surface area contributed by atoms with Crippen molar-refractivity contribution in [2.45, 2.75) is 45.7 Å².